The Balaban J connectivity index is 1.21. The van der Waals surface area contributed by atoms with Gasteiger partial charge in [-0.05, 0) is 68.8 Å². The molecule has 214 valence electrons. The van der Waals surface area contributed by atoms with Crippen molar-refractivity contribution < 1.29 is 0 Å². The first-order valence-corrected chi connectivity index (χ1v) is 15.4. The Kier molecular flexibility index (Phi) is 6.46. The molecule has 0 aliphatic heterocycles. The second kappa shape index (κ2) is 10.8. The molecule has 0 N–H and O–H groups in total. The molecule has 0 atom stereocenters. The van der Waals surface area contributed by atoms with Gasteiger partial charge in [-0.1, -0.05) is 129 Å². The quantitative estimate of drug-likeness (QED) is 0.204. The highest BCUT2D eigenvalue weighted by atomic mass is 14.9. The summed E-state index contributed by atoms with van der Waals surface area (Å²) in [7, 11) is 0. The van der Waals surface area contributed by atoms with Crippen molar-refractivity contribution in [2.24, 2.45) is 0 Å². The van der Waals surface area contributed by atoms with E-state index in [4.69, 9.17) is 9.97 Å². The van der Waals surface area contributed by atoms with Crippen LogP contribution in [-0.4, -0.2) is 15.0 Å². The highest BCUT2D eigenvalue weighted by Gasteiger charge is 2.35. The summed E-state index contributed by atoms with van der Waals surface area (Å²) >= 11 is 0. The lowest BCUT2D eigenvalue weighted by Gasteiger charge is -2.22. The summed E-state index contributed by atoms with van der Waals surface area (Å²) in [6, 6.07) is 49.3. The molecule has 0 fully saturated rings. The second-order valence-electron chi connectivity index (χ2n) is 12.2. The second-order valence-corrected chi connectivity index (χ2v) is 12.2. The molecule has 2 aromatic heterocycles. The van der Waals surface area contributed by atoms with Gasteiger partial charge in [0.1, 0.15) is 0 Å². The van der Waals surface area contributed by atoms with E-state index in [1.165, 1.54) is 33.4 Å². The third kappa shape index (κ3) is 4.83. The van der Waals surface area contributed by atoms with Gasteiger partial charge in [0.05, 0.1) is 11.4 Å². The first-order chi connectivity index (χ1) is 22.0. The molecule has 3 heteroatoms. The van der Waals surface area contributed by atoms with Crippen LogP contribution in [0.15, 0.2) is 152 Å². The lowest BCUT2D eigenvalue weighted by Crippen LogP contribution is -2.14. The van der Waals surface area contributed by atoms with Crippen molar-refractivity contribution in [2.75, 3.05) is 0 Å². The van der Waals surface area contributed by atoms with E-state index in [9.17, 15) is 0 Å². The molecule has 0 bridgehead atoms. The Morgan fingerprint density at radius 2 is 1.04 bits per heavy atom. The zero-order valence-corrected chi connectivity index (χ0v) is 25.3. The van der Waals surface area contributed by atoms with E-state index in [1.807, 2.05) is 30.5 Å². The van der Waals surface area contributed by atoms with E-state index in [0.717, 1.165) is 39.2 Å². The Morgan fingerprint density at radius 3 is 1.84 bits per heavy atom. The minimum absolute atomic E-state index is 0.0434. The number of aromatic nitrogens is 3. The van der Waals surface area contributed by atoms with Crippen LogP contribution in [0.1, 0.15) is 25.0 Å². The zero-order valence-electron chi connectivity index (χ0n) is 25.3. The fourth-order valence-corrected chi connectivity index (χ4v) is 6.57. The lowest BCUT2D eigenvalue weighted by molar-refractivity contribution is 0.660. The van der Waals surface area contributed by atoms with Crippen LogP contribution in [0, 0.1) is 0 Å². The Morgan fingerprint density at radius 1 is 0.422 bits per heavy atom. The van der Waals surface area contributed by atoms with E-state index in [2.05, 4.69) is 134 Å². The summed E-state index contributed by atoms with van der Waals surface area (Å²) in [5, 5.41) is 0. The van der Waals surface area contributed by atoms with Crippen LogP contribution in [0.4, 0.5) is 0 Å². The molecule has 0 unspecified atom stereocenters. The molecule has 0 radical (unpaired) electrons. The van der Waals surface area contributed by atoms with Gasteiger partial charge in [-0.2, -0.15) is 0 Å². The Bertz CT molecular complexity index is 2170. The maximum Gasteiger partial charge on any atom is 0.160 e. The van der Waals surface area contributed by atoms with Crippen molar-refractivity contribution in [1.82, 2.24) is 15.0 Å². The standard InChI is InChI=1S/C42H31N3/c1-42(2)37-16-7-6-15-35(37)36-22-21-32(25-38(36)42)31-12-8-13-33(24-31)40-26-39(44-41(45-40)30-10-4-3-5-11-30)29-19-17-28(18-20-29)34-14-9-23-43-27-34/h3-27H,1-2H3. The molecular formula is C42H31N3. The van der Waals surface area contributed by atoms with E-state index in [0.29, 0.717) is 5.82 Å². The molecule has 2 heterocycles. The summed E-state index contributed by atoms with van der Waals surface area (Å²) in [6.07, 6.45) is 3.68. The number of hydrogen-bond donors (Lipinski definition) is 0. The topological polar surface area (TPSA) is 38.7 Å². The van der Waals surface area contributed by atoms with Crippen LogP contribution >= 0.6 is 0 Å². The average molecular weight is 578 g/mol. The van der Waals surface area contributed by atoms with E-state index < -0.39 is 0 Å². The number of rotatable bonds is 5. The van der Waals surface area contributed by atoms with Crippen molar-refractivity contribution >= 4 is 0 Å². The van der Waals surface area contributed by atoms with Gasteiger partial charge in [0.2, 0.25) is 0 Å². The van der Waals surface area contributed by atoms with Crippen LogP contribution in [0.25, 0.3) is 67.3 Å². The molecule has 0 saturated carbocycles. The fraction of sp³-hybridized carbons (Fsp3) is 0.0714. The third-order valence-corrected chi connectivity index (χ3v) is 9.01. The average Bonchev–Trinajstić information content (AvgIpc) is 3.34. The first kappa shape index (κ1) is 26.9. The molecular weight excluding hydrogens is 546 g/mol. The summed E-state index contributed by atoms with van der Waals surface area (Å²) in [5.74, 6) is 0.710. The van der Waals surface area contributed by atoms with Crippen LogP contribution in [0.3, 0.4) is 0 Å². The maximum atomic E-state index is 5.09. The SMILES string of the molecule is CC1(C)c2ccccc2-c2ccc(-c3cccc(-c4cc(-c5ccc(-c6cccnc6)cc5)nc(-c5ccccc5)n4)c3)cc21. The van der Waals surface area contributed by atoms with E-state index in [-0.39, 0.29) is 5.41 Å². The minimum Gasteiger partial charge on any atom is -0.264 e. The zero-order chi connectivity index (χ0) is 30.4. The molecule has 0 spiro atoms. The minimum atomic E-state index is -0.0434. The molecule has 3 nitrogen and oxygen atoms in total. The fourth-order valence-electron chi connectivity index (χ4n) is 6.57. The van der Waals surface area contributed by atoms with E-state index >= 15 is 0 Å². The summed E-state index contributed by atoms with van der Waals surface area (Å²) in [5.41, 5.74) is 14.9. The van der Waals surface area contributed by atoms with Gasteiger partial charge >= 0.3 is 0 Å². The van der Waals surface area contributed by atoms with Crippen molar-refractivity contribution in [2.45, 2.75) is 19.3 Å². The summed E-state index contributed by atoms with van der Waals surface area (Å²) in [6.45, 7) is 4.66. The van der Waals surface area contributed by atoms with Crippen molar-refractivity contribution in [3.05, 3.63) is 163 Å². The van der Waals surface area contributed by atoms with Gasteiger partial charge in [-0.3, -0.25) is 4.98 Å². The van der Waals surface area contributed by atoms with Gasteiger partial charge in [0.15, 0.2) is 5.82 Å². The van der Waals surface area contributed by atoms with Crippen LogP contribution < -0.4 is 0 Å². The van der Waals surface area contributed by atoms with Gasteiger partial charge in [0.25, 0.3) is 0 Å². The third-order valence-electron chi connectivity index (χ3n) is 9.01. The summed E-state index contributed by atoms with van der Waals surface area (Å²) < 4.78 is 0. The van der Waals surface area contributed by atoms with Gasteiger partial charge in [-0.15, -0.1) is 0 Å². The number of pyridine rings is 1. The maximum absolute atomic E-state index is 5.09. The number of hydrogen-bond acceptors (Lipinski definition) is 3. The predicted molar refractivity (Wildman–Crippen MR) is 185 cm³/mol. The van der Waals surface area contributed by atoms with Crippen LogP contribution in [0.2, 0.25) is 0 Å². The molecule has 0 saturated heterocycles. The molecule has 5 aromatic carbocycles. The Labute approximate surface area is 264 Å². The van der Waals surface area contributed by atoms with Crippen molar-refractivity contribution in [3.8, 4) is 67.3 Å². The van der Waals surface area contributed by atoms with Gasteiger partial charge in [0, 0.05) is 34.5 Å². The molecule has 7 aromatic rings. The number of fused-ring (bicyclic) bond motifs is 3. The number of benzene rings is 5. The monoisotopic (exact) mass is 577 g/mol. The van der Waals surface area contributed by atoms with Crippen LogP contribution in [-0.2, 0) is 5.41 Å². The van der Waals surface area contributed by atoms with Crippen molar-refractivity contribution in [1.29, 1.82) is 0 Å². The molecule has 0 amide bonds. The molecule has 1 aliphatic rings. The summed E-state index contributed by atoms with van der Waals surface area (Å²) in [4.78, 5) is 14.4. The normalized spacial score (nSPS) is 12.8. The van der Waals surface area contributed by atoms with Crippen molar-refractivity contribution in [3.63, 3.8) is 0 Å². The van der Waals surface area contributed by atoms with Gasteiger partial charge in [-0.25, -0.2) is 9.97 Å². The highest BCUT2D eigenvalue weighted by molar-refractivity contribution is 5.84. The highest BCUT2D eigenvalue weighted by Crippen LogP contribution is 2.49. The smallest absolute Gasteiger partial charge is 0.160 e. The van der Waals surface area contributed by atoms with Crippen LogP contribution in [0.5, 0.6) is 0 Å². The molecule has 45 heavy (non-hydrogen) atoms. The van der Waals surface area contributed by atoms with E-state index in [1.54, 1.807) is 6.20 Å². The largest absolute Gasteiger partial charge is 0.264 e. The lowest BCUT2D eigenvalue weighted by atomic mass is 9.81. The Hall–Kier alpha value is -5.67. The number of nitrogens with zero attached hydrogens (tertiary/aromatic N) is 3. The molecule has 8 rings (SSSR count). The van der Waals surface area contributed by atoms with Gasteiger partial charge < -0.3 is 0 Å². The first-order valence-electron chi connectivity index (χ1n) is 15.4. The predicted octanol–water partition coefficient (Wildman–Crippen LogP) is 10.5. The molecule has 1 aliphatic carbocycles.